The molecule has 1 aromatic heterocycles. The highest BCUT2D eigenvalue weighted by atomic mass is 35.5. The molecule has 0 bridgehead atoms. The van der Waals surface area contributed by atoms with Gasteiger partial charge in [0.05, 0.1) is 0 Å². The van der Waals surface area contributed by atoms with Gasteiger partial charge in [0.15, 0.2) is 0 Å². The van der Waals surface area contributed by atoms with Gasteiger partial charge in [0.2, 0.25) is 5.76 Å². The van der Waals surface area contributed by atoms with Gasteiger partial charge < -0.3 is 9.15 Å². The van der Waals surface area contributed by atoms with Crippen LogP contribution in [0.25, 0.3) is 11.0 Å². The molecule has 100 valence electrons. The molecule has 0 unspecified atom stereocenters. The maximum atomic E-state index is 11.9. The smallest absolute Gasteiger partial charge is 0.374 e. The third-order valence-corrected chi connectivity index (χ3v) is 3.13. The lowest BCUT2D eigenvalue weighted by Gasteiger charge is -2.02. The second-order valence-corrected chi connectivity index (χ2v) is 4.79. The van der Waals surface area contributed by atoms with Crippen LogP contribution in [0, 0.1) is 0 Å². The average Bonchev–Trinajstić information content (AvgIpc) is 2.89. The number of halogens is 1. The summed E-state index contributed by atoms with van der Waals surface area (Å²) in [5.74, 6) is -0.306. The molecule has 0 atom stereocenters. The van der Waals surface area contributed by atoms with Crippen molar-refractivity contribution < 1.29 is 13.9 Å². The Hall–Kier alpha value is -2.26. The Kier molecular flexibility index (Phi) is 3.44. The molecule has 0 aliphatic rings. The van der Waals surface area contributed by atoms with E-state index in [4.69, 9.17) is 20.8 Å². The molecule has 0 saturated carbocycles. The van der Waals surface area contributed by atoms with Crippen LogP contribution in [0.5, 0.6) is 0 Å². The number of hydrogen-bond acceptors (Lipinski definition) is 3. The molecule has 20 heavy (non-hydrogen) atoms. The standard InChI is InChI=1S/C16H11ClO3/c17-13-6-7-14-12(8-13)9-15(20-14)16(18)19-10-11-4-2-1-3-5-11/h1-9H,10H2. The van der Waals surface area contributed by atoms with Crippen LogP contribution in [0.1, 0.15) is 16.1 Å². The average molecular weight is 287 g/mol. The van der Waals surface area contributed by atoms with Gasteiger partial charge in [0.1, 0.15) is 12.2 Å². The third kappa shape index (κ3) is 2.68. The fraction of sp³-hybridized carbons (Fsp3) is 0.0625. The SMILES string of the molecule is O=C(OCc1ccccc1)c1cc2cc(Cl)ccc2o1. The predicted octanol–water partition coefficient (Wildman–Crippen LogP) is 4.44. The summed E-state index contributed by atoms with van der Waals surface area (Å²) < 4.78 is 10.6. The molecule has 0 saturated heterocycles. The van der Waals surface area contributed by atoms with E-state index in [2.05, 4.69) is 0 Å². The van der Waals surface area contributed by atoms with Crippen molar-refractivity contribution in [3.63, 3.8) is 0 Å². The Morgan fingerprint density at radius 3 is 2.70 bits per heavy atom. The van der Waals surface area contributed by atoms with Gasteiger partial charge in [-0.2, -0.15) is 0 Å². The zero-order chi connectivity index (χ0) is 13.9. The molecule has 4 heteroatoms. The summed E-state index contributed by atoms with van der Waals surface area (Å²) in [5, 5.41) is 1.38. The van der Waals surface area contributed by atoms with Crippen LogP contribution in [-0.2, 0) is 11.3 Å². The molecule has 0 radical (unpaired) electrons. The largest absolute Gasteiger partial charge is 0.455 e. The minimum Gasteiger partial charge on any atom is -0.455 e. The van der Waals surface area contributed by atoms with Crippen LogP contribution in [0.15, 0.2) is 59.0 Å². The number of fused-ring (bicyclic) bond motifs is 1. The van der Waals surface area contributed by atoms with Gasteiger partial charge in [-0.25, -0.2) is 4.79 Å². The monoisotopic (exact) mass is 286 g/mol. The van der Waals surface area contributed by atoms with Gasteiger partial charge in [-0.1, -0.05) is 41.9 Å². The molecule has 0 fully saturated rings. The second-order valence-electron chi connectivity index (χ2n) is 4.35. The van der Waals surface area contributed by atoms with Gasteiger partial charge in [-0.05, 0) is 29.8 Å². The van der Waals surface area contributed by atoms with Gasteiger partial charge in [0.25, 0.3) is 0 Å². The predicted molar refractivity (Wildman–Crippen MR) is 76.8 cm³/mol. The van der Waals surface area contributed by atoms with Gasteiger partial charge in [0, 0.05) is 10.4 Å². The maximum absolute atomic E-state index is 11.9. The summed E-state index contributed by atoms with van der Waals surface area (Å²) in [4.78, 5) is 11.9. The molecule has 3 nitrogen and oxygen atoms in total. The number of carbonyl (C=O) groups excluding carboxylic acids is 1. The lowest BCUT2D eigenvalue weighted by atomic mass is 10.2. The Bertz CT molecular complexity index is 747. The van der Waals surface area contributed by atoms with Gasteiger partial charge in [-0.15, -0.1) is 0 Å². The highest BCUT2D eigenvalue weighted by Crippen LogP contribution is 2.23. The van der Waals surface area contributed by atoms with Gasteiger partial charge in [-0.3, -0.25) is 0 Å². The van der Waals surface area contributed by atoms with Crippen LogP contribution in [0.3, 0.4) is 0 Å². The lowest BCUT2D eigenvalue weighted by molar-refractivity contribution is 0.0439. The molecule has 2 aromatic carbocycles. The molecule has 0 N–H and O–H groups in total. The normalized spacial score (nSPS) is 10.7. The fourth-order valence-corrected chi connectivity index (χ4v) is 2.09. The fourth-order valence-electron chi connectivity index (χ4n) is 1.91. The molecule has 0 spiro atoms. The minimum atomic E-state index is -0.485. The highest BCUT2D eigenvalue weighted by Gasteiger charge is 2.14. The van der Waals surface area contributed by atoms with Crippen LogP contribution in [-0.4, -0.2) is 5.97 Å². The number of esters is 1. The minimum absolute atomic E-state index is 0.179. The van der Waals surface area contributed by atoms with E-state index in [1.165, 1.54) is 0 Å². The van der Waals surface area contributed by atoms with Crippen molar-refractivity contribution in [1.29, 1.82) is 0 Å². The number of benzene rings is 2. The number of furan rings is 1. The van der Waals surface area contributed by atoms with Crippen LogP contribution in [0.4, 0.5) is 0 Å². The zero-order valence-electron chi connectivity index (χ0n) is 10.5. The van der Waals surface area contributed by atoms with Crippen molar-refractivity contribution in [2.24, 2.45) is 0 Å². The molecular weight excluding hydrogens is 276 g/mol. The summed E-state index contributed by atoms with van der Waals surface area (Å²) in [6, 6.07) is 16.3. The molecule has 0 aliphatic carbocycles. The summed E-state index contributed by atoms with van der Waals surface area (Å²) >= 11 is 5.89. The van der Waals surface area contributed by atoms with E-state index in [1.54, 1.807) is 24.3 Å². The summed E-state index contributed by atoms with van der Waals surface area (Å²) in [6.07, 6.45) is 0. The van der Waals surface area contributed by atoms with Crippen LogP contribution >= 0.6 is 11.6 Å². The number of rotatable bonds is 3. The van der Waals surface area contributed by atoms with Crippen LogP contribution in [0.2, 0.25) is 5.02 Å². The Balaban J connectivity index is 1.75. The quantitative estimate of drug-likeness (QED) is 0.668. The highest BCUT2D eigenvalue weighted by molar-refractivity contribution is 6.31. The Labute approximate surface area is 120 Å². The van der Waals surface area contributed by atoms with Crippen molar-refractivity contribution in [3.05, 3.63) is 70.9 Å². The van der Waals surface area contributed by atoms with E-state index in [0.717, 1.165) is 10.9 Å². The van der Waals surface area contributed by atoms with E-state index >= 15 is 0 Å². The molecule has 1 heterocycles. The molecule has 3 rings (SSSR count). The maximum Gasteiger partial charge on any atom is 0.374 e. The Morgan fingerprint density at radius 2 is 1.90 bits per heavy atom. The summed E-state index contributed by atoms with van der Waals surface area (Å²) in [7, 11) is 0. The first kappa shape index (κ1) is 12.8. The van der Waals surface area contributed by atoms with Crippen molar-refractivity contribution in [2.75, 3.05) is 0 Å². The van der Waals surface area contributed by atoms with E-state index in [9.17, 15) is 4.79 Å². The van der Waals surface area contributed by atoms with Crippen molar-refractivity contribution in [3.8, 4) is 0 Å². The van der Waals surface area contributed by atoms with E-state index in [-0.39, 0.29) is 12.4 Å². The first-order valence-corrected chi connectivity index (χ1v) is 6.50. The van der Waals surface area contributed by atoms with Crippen molar-refractivity contribution in [1.82, 2.24) is 0 Å². The lowest BCUT2D eigenvalue weighted by Crippen LogP contribution is -2.03. The summed E-state index contributed by atoms with van der Waals surface area (Å²) in [6.45, 7) is 0.220. The molecular formula is C16H11ClO3. The van der Waals surface area contributed by atoms with Crippen LogP contribution < -0.4 is 0 Å². The topological polar surface area (TPSA) is 39.4 Å². The first-order chi connectivity index (χ1) is 9.72. The second kappa shape index (κ2) is 5.39. The molecule has 0 amide bonds. The Morgan fingerprint density at radius 1 is 1.10 bits per heavy atom. The zero-order valence-corrected chi connectivity index (χ0v) is 11.3. The van der Waals surface area contributed by atoms with E-state index in [0.29, 0.717) is 10.6 Å². The first-order valence-electron chi connectivity index (χ1n) is 6.12. The molecule has 3 aromatic rings. The number of ether oxygens (including phenoxy) is 1. The number of hydrogen-bond donors (Lipinski definition) is 0. The van der Waals surface area contributed by atoms with Crippen molar-refractivity contribution in [2.45, 2.75) is 6.61 Å². The number of carbonyl (C=O) groups is 1. The van der Waals surface area contributed by atoms with E-state index in [1.807, 2.05) is 30.3 Å². The summed E-state index contributed by atoms with van der Waals surface area (Å²) in [5.41, 5.74) is 1.54. The van der Waals surface area contributed by atoms with Crippen molar-refractivity contribution >= 4 is 28.5 Å². The molecule has 0 aliphatic heterocycles. The third-order valence-electron chi connectivity index (χ3n) is 2.89. The van der Waals surface area contributed by atoms with Gasteiger partial charge >= 0.3 is 5.97 Å². The van der Waals surface area contributed by atoms with E-state index < -0.39 is 5.97 Å².